The van der Waals surface area contributed by atoms with Crippen molar-refractivity contribution < 1.29 is 9.53 Å². The lowest BCUT2D eigenvalue weighted by molar-refractivity contribution is -0.129. The minimum atomic E-state index is 0.121. The SMILES string of the molecule is COc1cc(N2CCN(C(C)=O)CC2)ccc1Nc1nc(Cl)ncc1Br. The molecule has 0 bridgehead atoms. The average Bonchev–Trinajstić information content (AvgIpc) is 2.65. The van der Waals surface area contributed by atoms with Gasteiger partial charge in [0.15, 0.2) is 0 Å². The van der Waals surface area contributed by atoms with E-state index < -0.39 is 0 Å². The predicted molar refractivity (Wildman–Crippen MR) is 105 cm³/mol. The van der Waals surface area contributed by atoms with Crippen LogP contribution in [-0.4, -0.2) is 54.1 Å². The minimum Gasteiger partial charge on any atom is -0.494 e. The van der Waals surface area contributed by atoms with Gasteiger partial charge >= 0.3 is 0 Å². The fourth-order valence-corrected chi connectivity index (χ4v) is 3.24. The second kappa shape index (κ2) is 8.09. The third kappa shape index (κ3) is 4.19. The molecule has 1 fully saturated rings. The number of hydrogen-bond donors (Lipinski definition) is 1. The molecule has 1 aliphatic heterocycles. The summed E-state index contributed by atoms with van der Waals surface area (Å²) in [6.07, 6.45) is 1.59. The van der Waals surface area contributed by atoms with E-state index in [4.69, 9.17) is 16.3 Å². The van der Waals surface area contributed by atoms with Crippen molar-refractivity contribution in [2.24, 2.45) is 0 Å². The van der Waals surface area contributed by atoms with E-state index >= 15 is 0 Å². The van der Waals surface area contributed by atoms with Gasteiger partial charge in [0.05, 0.1) is 17.3 Å². The number of methoxy groups -OCH3 is 1. The molecule has 138 valence electrons. The van der Waals surface area contributed by atoms with Crippen LogP contribution in [0.15, 0.2) is 28.9 Å². The van der Waals surface area contributed by atoms with Crippen molar-refractivity contribution in [1.82, 2.24) is 14.9 Å². The Balaban J connectivity index is 1.78. The van der Waals surface area contributed by atoms with Gasteiger partial charge in [0.2, 0.25) is 11.2 Å². The number of piperazine rings is 1. The van der Waals surface area contributed by atoms with Crippen LogP contribution in [-0.2, 0) is 4.79 Å². The van der Waals surface area contributed by atoms with Gasteiger partial charge < -0.3 is 19.9 Å². The van der Waals surface area contributed by atoms with Crippen LogP contribution in [0.1, 0.15) is 6.92 Å². The molecule has 1 aromatic heterocycles. The second-order valence-electron chi connectivity index (χ2n) is 5.84. The lowest BCUT2D eigenvalue weighted by atomic mass is 10.2. The van der Waals surface area contributed by atoms with Gasteiger partial charge in [-0.15, -0.1) is 0 Å². The summed E-state index contributed by atoms with van der Waals surface area (Å²) in [6.45, 7) is 4.65. The van der Waals surface area contributed by atoms with Crippen molar-refractivity contribution in [3.05, 3.63) is 34.2 Å². The molecule has 2 aromatic rings. The number of amides is 1. The van der Waals surface area contributed by atoms with E-state index in [1.54, 1.807) is 20.2 Å². The maximum atomic E-state index is 11.5. The molecule has 9 heteroatoms. The molecule has 0 saturated carbocycles. The van der Waals surface area contributed by atoms with Crippen LogP contribution in [0.3, 0.4) is 0 Å². The maximum absolute atomic E-state index is 11.5. The van der Waals surface area contributed by atoms with Crippen molar-refractivity contribution in [3.63, 3.8) is 0 Å². The van der Waals surface area contributed by atoms with Gasteiger partial charge in [-0.2, -0.15) is 4.98 Å². The number of hydrogen-bond acceptors (Lipinski definition) is 6. The number of carbonyl (C=O) groups excluding carboxylic acids is 1. The smallest absolute Gasteiger partial charge is 0.224 e. The Bertz CT molecular complexity index is 812. The van der Waals surface area contributed by atoms with E-state index in [0.29, 0.717) is 16.0 Å². The van der Waals surface area contributed by atoms with Crippen LogP contribution in [0.2, 0.25) is 5.28 Å². The Morgan fingerprint density at radius 2 is 2.04 bits per heavy atom. The highest BCUT2D eigenvalue weighted by atomic mass is 79.9. The lowest BCUT2D eigenvalue weighted by Gasteiger charge is -2.35. The molecular weight excluding hydrogens is 422 g/mol. The number of halogens is 2. The van der Waals surface area contributed by atoms with E-state index in [-0.39, 0.29) is 11.2 Å². The first-order chi connectivity index (χ1) is 12.5. The van der Waals surface area contributed by atoms with Gasteiger partial charge in [-0.25, -0.2) is 4.98 Å². The molecule has 1 N–H and O–H groups in total. The van der Waals surface area contributed by atoms with E-state index in [1.807, 2.05) is 23.1 Å². The summed E-state index contributed by atoms with van der Waals surface area (Å²) in [5.74, 6) is 1.38. The summed E-state index contributed by atoms with van der Waals surface area (Å²) in [6, 6.07) is 5.93. The number of anilines is 3. The van der Waals surface area contributed by atoms with Crippen molar-refractivity contribution in [3.8, 4) is 5.75 Å². The molecule has 0 spiro atoms. The first-order valence-electron chi connectivity index (χ1n) is 8.11. The molecule has 2 heterocycles. The summed E-state index contributed by atoms with van der Waals surface area (Å²) in [5, 5.41) is 3.37. The number of nitrogens with one attached hydrogen (secondary N) is 1. The molecule has 3 rings (SSSR count). The summed E-state index contributed by atoms with van der Waals surface area (Å²) in [5.41, 5.74) is 1.82. The molecule has 1 aromatic carbocycles. The van der Waals surface area contributed by atoms with Gasteiger partial charge in [0.1, 0.15) is 11.6 Å². The maximum Gasteiger partial charge on any atom is 0.224 e. The van der Waals surface area contributed by atoms with Crippen molar-refractivity contribution in [2.75, 3.05) is 43.5 Å². The Kier molecular flexibility index (Phi) is 5.83. The van der Waals surface area contributed by atoms with E-state index in [2.05, 4.69) is 36.1 Å². The van der Waals surface area contributed by atoms with Gasteiger partial charge in [-0.05, 0) is 39.7 Å². The minimum absolute atomic E-state index is 0.121. The zero-order chi connectivity index (χ0) is 18.7. The highest BCUT2D eigenvalue weighted by Gasteiger charge is 2.20. The van der Waals surface area contributed by atoms with Crippen LogP contribution in [0.5, 0.6) is 5.75 Å². The molecule has 0 unspecified atom stereocenters. The standard InChI is InChI=1S/C17H19BrClN5O2/c1-11(25)23-5-7-24(8-6-23)12-3-4-14(15(9-12)26-2)21-16-13(18)10-20-17(19)22-16/h3-4,9-10H,5-8H2,1-2H3,(H,20,21,22). The van der Waals surface area contributed by atoms with Crippen molar-refractivity contribution >= 4 is 50.6 Å². The molecule has 7 nitrogen and oxygen atoms in total. The molecule has 0 atom stereocenters. The number of benzene rings is 1. The molecule has 1 saturated heterocycles. The first-order valence-corrected chi connectivity index (χ1v) is 9.28. The van der Waals surface area contributed by atoms with Crippen LogP contribution in [0, 0.1) is 0 Å². The fourth-order valence-electron chi connectivity index (χ4n) is 2.82. The van der Waals surface area contributed by atoms with Crippen LogP contribution >= 0.6 is 27.5 Å². The van der Waals surface area contributed by atoms with Crippen LogP contribution < -0.4 is 15.0 Å². The van der Waals surface area contributed by atoms with E-state index in [0.717, 1.165) is 37.6 Å². The number of carbonyl (C=O) groups is 1. The van der Waals surface area contributed by atoms with E-state index in [1.165, 1.54) is 0 Å². The van der Waals surface area contributed by atoms with Gasteiger partial charge in [0, 0.05) is 51.1 Å². The van der Waals surface area contributed by atoms with Gasteiger partial charge in [-0.1, -0.05) is 0 Å². The van der Waals surface area contributed by atoms with Gasteiger partial charge in [0.25, 0.3) is 0 Å². The first kappa shape index (κ1) is 18.7. The Hall–Kier alpha value is -2.06. The summed E-state index contributed by atoms with van der Waals surface area (Å²) < 4.78 is 6.24. The van der Waals surface area contributed by atoms with Gasteiger partial charge in [-0.3, -0.25) is 4.79 Å². The average molecular weight is 441 g/mol. The fraction of sp³-hybridized carbons (Fsp3) is 0.353. The van der Waals surface area contributed by atoms with Crippen molar-refractivity contribution in [2.45, 2.75) is 6.92 Å². The number of rotatable bonds is 4. The zero-order valence-electron chi connectivity index (χ0n) is 14.5. The van der Waals surface area contributed by atoms with Crippen molar-refractivity contribution in [1.29, 1.82) is 0 Å². The highest BCUT2D eigenvalue weighted by Crippen LogP contribution is 2.34. The molecule has 1 amide bonds. The number of ether oxygens (including phenoxy) is 1. The lowest BCUT2D eigenvalue weighted by Crippen LogP contribution is -2.48. The molecule has 0 aliphatic carbocycles. The highest BCUT2D eigenvalue weighted by molar-refractivity contribution is 9.10. The Morgan fingerprint density at radius 3 is 2.69 bits per heavy atom. The summed E-state index contributed by atoms with van der Waals surface area (Å²) in [7, 11) is 1.62. The normalized spacial score (nSPS) is 14.3. The monoisotopic (exact) mass is 439 g/mol. The Labute approximate surface area is 165 Å². The quantitative estimate of drug-likeness (QED) is 0.736. The Morgan fingerprint density at radius 1 is 1.31 bits per heavy atom. The van der Waals surface area contributed by atoms with E-state index in [9.17, 15) is 4.79 Å². The topological polar surface area (TPSA) is 70.6 Å². The summed E-state index contributed by atoms with van der Waals surface area (Å²) >= 11 is 9.27. The number of nitrogens with zero attached hydrogens (tertiary/aromatic N) is 4. The van der Waals surface area contributed by atoms with Crippen LogP contribution in [0.4, 0.5) is 17.2 Å². The summed E-state index contributed by atoms with van der Waals surface area (Å²) in [4.78, 5) is 23.7. The zero-order valence-corrected chi connectivity index (χ0v) is 16.8. The molecule has 1 aliphatic rings. The number of aromatic nitrogens is 2. The molecular formula is C17H19BrClN5O2. The van der Waals surface area contributed by atoms with Crippen LogP contribution in [0.25, 0.3) is 0 Å². The largest absolute Gasteiger partial charge is 0.494 e. The molecule has 26 heavy (non-hydrogen) atoms. The third-order valence-corrected chi connectivity index (χ3v) is 5.01. The predicted octanol–water partition coefficient (Wildman–Crippen LogP) is 3.31. The molecule has 0 radical (unpaired) electrons. The second-order valence-corrected chi connectivity index (χ2v) is 7.03. The third-order valence-electron chi connectivity index (χ3n) is 4.24.